The van der Waals surface area contributed by atoms with Crippen LogP contribution in [0.2, 0.25) is 0 Å². The van der Waals surface area contributed by atoms with E-state index in [0.717, 1.165) is 5.56 Å². The number of nitrogens with zero attached hydrogens (tertiary/aromatic N) is 1. The van der Waals surface area contributed by atoms with Gasteiger partial charge in [-0.25, -0.2) is 9.18 Å². The molecule has 1 aliphatic carbocycles. The Morgan fingerprint density at radius 2 is 2.06 bits per heavy atom. The van der Waals surface area contributed by atoms with E-state index < -0.39 is 29.2 Å². The highest BCUT2D eigenvalue weighted by Crippen LogP contribution is 2.38. The number of nitrogens with one attached hydrogen (secondary N) is 3. The summed E-state index contributed by atoms with van der Waals surface area (Å²) in [4.78, 5) is 52.3. The molecule has 0 bridgehead atoms. The molecule has 1 fully saturated rings. The SMILES string of the molecule is COC1=C(F)C2=C(CC=C1)CN(CC1(c3cc4c5c(ccc4o3)CNC5=O)NC(=O)NC1=O)C2=O. The van der Waals surface area contributed by atoms with Crippen LogP contribution in [0, 0.1) is 0 Å². The van der Waals surface area contributed by atoms with Gasteiger partial charge >= 0.3 is 6.03 Å². The molecule has 6 rings (SSSR count). The predicted molar refractivity (Wildman–Crippen MR) is 118 cm³/mol. The zero-order valence-electron chi connectivity index (χ0n) is 18.5. The highest BCUT2D eigenvalue weighted by molar-refractivity contribution is 6.11. The maximum absolute atomic E-state index is 15.1. The molecular formula is C24H19FN4O6. The van der Waals surface area contributed by atoms with Crippen molar-refractivity contribution in [1.82, 2.24) is 20.9 Å². The number of benzene rings is 1. The average Bonchev–Trinajstić information content (AvgIpc) is 3.54. The van der Waals surface area contributed by atoms with Crippen molar-refractivity contribution in [3.05, 3.63) is 70.0 Å². The van der Waals surface area contributed by atoms with Gasteiger partial charge in [-0.1, -0.05) is 12.1 Å². The Hall–Kier alpha value is -4.41. The fraction of sp³-hybridized carbons (Fsp3) is 0.250. The molecule has 3 aliphatic heterocycles. The molecule has 11 heteroatoms. The van der Waals surface area contributed by atoms with Gasteiger partial charge in [-0.05, 0) is 35.8 Å². The Bertz CT molecular complexity index is 1470. The van der Waals surface area contributed by atoms with Crippen LogP contribution >= 0.6 is 0 Å². The van der Waals surface area contributed by atoms with Crippen LogP contribution in [0.4, 0.5) is 9.18 Å². The van der Waals surface area contributed by atoms with E-state index in [4.69, 9.17) is 9.15 Å². The number of hydrogen-bond donors (Lipinski definition) is 3. The first-order chi connectivity index (χ1) is 16.8. The third kappa shape index (κ3) is 2.94. The standard InChI is InChI=1S/C24H19FN4O6/c1-34-15-4-2-3-12-9-29(21(31)18(12)19(15)25)10-24(22(32)27-23(33)28-24)16-7-13-14(35-16)6-5-11-8-26-20(30)17(11)13/h2,4-7H,3,8-10H2,1H3,(H,26,30)(H2,27,28,32,33). The van der Waals surface area contributed by atoms with E-state index in [1.165, 1.54) is 24.2 Å². The van der Waals surface area contributed by atoms with Gasteiger partial charge in [-0.15, -0.1) is 0 Å². The third-order valence-corrected chi connectivity index (χ3v) is 6.77. The van der Waals surface area contributed by atoms with Gasteiger partial charge in [0.2, 0.25) is 0 Å². The van der Waals surface area contributed by atoms with E-state index >= 15 is 4.39 Å². The summed E-state index contributed by atoms with van der Waals surface area (Å²) in [5.74, 6) is -2.38. The quantitative estimate of drug-likeness (QED) is 0.573. The van der Waals surface area contributed by atoms with Gasteiger partial charge in [0.1, 0.15) is 11.3 Å². The van der Waals surface area contributed by atoms with Gasteiger partial charge in [0.05, 0.1) is 24.8 Å². The highest BCUT2D eigenvalue weighted by Gasteiger charge is 2.53. The molecule has 1 aromatic carbocycles. The van der Waals surface area contributed by atoms with Crippen LogP contribution in [-0.4, -0.2) is 48.9 Å². The van der Waals surface area contributed by atoms with Crippen molar-refractivity contribution in [2.75, 3.05) is 20.2 Å². The number of methoxy groups -OCH3 is 1. The van der Waals surface area contributed by atoms with E-state index in [9.17, 15) is 19.2 Å². The number of fused-ring (bicyclic) bond motifs is 3. The monoisotopic (exact) mass is 478 g/mol. The molecule has 4 heterocycles. The van der Waals surface area contributed by atoms with Crippen LogP contribution in [0.5, 0.6) is 0 Å². The second-order valence-corrected chi connectivity index (χ2v) is 8.75. The molecule has 0 saturated carbocycles. The first-order valence-electron chi connectivity index (χ1n) is 10.9. The van der Waals surface area contributed by atoms with E-state index in [-0.39, 0.29) is 36.1 Å². The minimum Gasteiger partial charge on any atom is -0.494 e. The number of urea groups is 1. The van der Waals surface area contributed by atoms with E-state index in [0.29, 0.717) is 35.1 Å². The summed E-state index contributed by atoms with van der Waals surface area (Å²) in [6.07, 6.45) is 3.50. The molecule has 3 N–H and O–H groups in total. The molecule has 4 aliphatic rings. The van der Waals surface area contributed by atoms with Crippen LogP contribution in [0.3, 0.4) is 0 Å². The Kier molecular flexibility index (Phi) is 4.41. The first kappa shape index (κ1) is 21.1. The third-order valence-electron chi connectivity index (χ3n) is 6.77. The van der Waals surface area contributed by atoms with Crippen LogP contribution in [0.1, 0.15) is 28.1 Å². The van der Waals surface area contributed by atoms with E-state index in [1.54, 1.807) is 18.2 Å². The molecule has 1 unspecified atom stereocenters. The Balaban J connectivity index is 1.41. The number of carbonyl (C=O) groups is 4. The molecule has 5 amide bonds. The first-order valence-corrected chi connectivity index (χ1v) is 10.9. The molecule has 0 spiro atoms. The topological polar surface area (TPSA) is 130 Å². The maximum atomic E-state index is 15.1. The molecule has 178 valence electrons. The van der Waals surface area contributed by atoms with Gasteiger partial charge in [0, 0.05) is 18.5 Å². The summed E-state index contributed by atoms with van der Waals surface area (Å²) in [5, 5.41) is 8.04. The van der Waals surface area contributed by atoms with Gasteiger partial charge in [-0.3, -0.25) is 19.7 Å². The van der Waals surface area contributed by atoms with Gasteiger partial charge in [0.15, 0.2) is 17.1 Å². The Morgan fingerprint density at radius 3 is 2.80 bits per heavy atom. The number of rotatable bonds is 4. The lowest BCUT2D eigenvalue weighted by molar-refractivity contribution is -0.130. The number of furan rings is 1. The van der Waals surface area contributed by atoms with Crippen LogP contribution < -0.4 is 16.0 Å². The van der Waals surface area contributed by atoms with Gasteiger partial charge in [-0.2, -0.15) is 0 Å². The molecular weight excluding hydrogens is 459 g/mol. The van der Waals surface area contributed by atoms with Crippen molar-refractivity contribution in [3.8, 4) is 0 Å². The number of carbonyl (C=O) groups excluding carboxylic acids is 4. The van der Waals surface area contributed by atoms with Crippen molar-refractivity contribution in [1.29, 1.82) is 0 Å². The number of halogens is 1. The average molecular weight is 478 g/mol. The largest absolute Gasteiger partial charge is 0.494 e. The number of ether oxygens (including phenoxy) is 1. The number of amides is 5. The Morgan fingerprint density at radius 1 is 1.23 bits per heavy atom. The molecule has 10 nitrogen and oxygen atoms in total. The van der Waals surface area contributed by atoms with Crippen molar-refractivity contribution in [2.24, 2.45) is 0 Å². The smallest absolute Gasteiger partial charge is 0.322 e. The molecule has 1 saturated heterocycles. The fourth-order valence-corrected chi connectivity index (χ4v) is 5.08. The number of hydrogen-bond acceptors (Lipinski definition) is 6. The van der Waals surface area contributed by atoms with E-state index in [1.807, 2.05) is 0 Å². The van der Waals surface area contributed by atoms with Gasteiger partial charge < -0.3 is 24.7 Å². The van der Waals surface area contributed by atoms with Crippen molar-refractivity contribution in [2.45, 2.75) is 18.5 Å². The maximum Gasteiger partial charge on any atom is 0.322 e. The lowest BCUT2D eigenvalue weighted by Crippen LogP contribution is -2.53. The summed E-state index contributed by atoms with van der Waals surface area (Å²) in [6, 6.07) is 4.22. The summed E-state index contributed by atoms with van der Waals surface area (Å²) in [5.41, 5.74) is 0.249. The summed E-state index contributed by atoms with van der Waals surface area (Å²) in [6.45, 7) is 0.138. The second kappa shape index (κ2) is 7.29. The summed E-state index contributed by atoms with van der Waals surface area (Å²) >= 11 is 0. The zero-order chi connectivity index (χ0) is 24.5. The van der Waals surface area contributed by atoms with E-state index in [2.05, 4.69) is 16.0 Å². The minimum absolute atomic E-state index is 0.0590. The molecule has 35 heavy (non-hydrogen) atoms. The molecule has 1 aromatic heterocycles. The summed E-state index contributed by atoms with van der Waals surface area (Å²) in [7, 11) is 1.31. The normalized spacial score (nSPS) is 23.5. The van der Waals surface area contributed by atoms with Crippen molar-refractivity contribution >= 4 is 34.7 Å². The van der Waals surface area contributed by atoms with Gasteiger partial charge in [0.25, 0.3) is 17.7 Å². The molecule has 2 aromatic rings. The predicted octanol–water partition coefficient (Wildman–Crippen LogP) is 1.64. The highest BCUT2D eigenvalue weighted by atomic mass is 19.1. The lowest BCUT2D eigenvalue weighted by Gasteiger charge is -2.29. The fourth-order valence-electron chi connectivity index (χ4n) is 5.08. The molecule has 0 radical (unpaired) electrons. The second-order valence-electron chi connectivity index (χ2n) is 8.75. The van der Waals surface area contributed by atoms with Crippen molar-refractivity contribution in [3.63, 3.8) is 0 Å². The zero-order valence-corrected chi connectivity index (χ0v) is 18.5. The molecule has 1 atom stereocenters. The lowest BCUT2D eigenvalue weighted by atomic mass is 9.94. The number of imide groups is 1. The Labute approximate surface area is 197 Å². The summed E-state index contributed by atoms with van der Waals surface area (Å²) < 4.78 is 26.1. The van der Waals surface area contributed by atoms with Crippen molar-refractivity contribution < 1.29 is 32.7 Å². The van der Waals surface area contributed by atoms with Crippen LogP contribution in [0.25, 0.3) is 11.0 Å². The van der Waals surface area contributed by atoms with Crippen LogP contribution in [0.15, 0.2) is 57.5 Å². The minimum atomic E-state index is -1.77. The number of allylic oxidation sites excluding steroid dienone is 2. The van der Waals surface area contributed by atoms with Crippen LogP contribution in [-0.2, 0) is 26.4 Å².